The Hall–Kier alpha value is -2.14. The number of carbonyl (C=O) groups excluding carboxylic acids is 1. The monoisotopic (exact) mass is 283 g/mol. The SMILES string of the molecule is O=C(NC1CC1)c1nc2sccn2c1-c1ccccc1. The van der Waals surface area contributed by atoms with Gasteiger partial charge in [0.05, 0.1) is 5.69 Å². The van der Waals surface area contributed by atoms with Gasteiger partial charge in [-0.3, -0.25) is 9.20 Å². The van der Waals surface area contributed by atoms with E-state index in [9.17, 15) is 4.79 Å². The lowest BCUT2D eigenvalue weighted by atomic mass is 10.1. The molecule has 4 nitrogen and oxygen atoms in total. The van der Waals surface area contributed by atoms with Crippen molar-refractivity contribution in [3.63, 3.8) is 0 Å². The van der Waals surface area contributed by atoms with Gasteiger partial charge in [0.1, 0.15) is 0 Å². The summed E-state index contributed by atoms with van der Waals surface area (Å²) < 4.78 is 1.99. The Morgan fingerprint density at radius 3 is 2.85 bits per heavy atom. The maximum Gasteiger partial charge on any atom is 0.272 e. The molecule has 1 aromatic carbocycles. The van der Waals surface area contributed by atoms with Crippen molar-refractivity contribution in [3.05, 3.63) is 47.6 Å². The molecule has 1 fully saturated rings. The molecule has 0 bridgehead atoms. The van der Waals surface area contributed by atoms with Gasteiger partial charge in [0.2, 0.25) is 0 Å². The number of hydrogen-bond donors (Lipinski definition) is 1. The molecule has 1 aliphatic rings. The zero-order valence-corrected chi connectivity index (χ0v) is 11.6. The summed E-state index contributed by atoms with van der Waals surface area (Å²) in [4.78, 5) is 17.7. The van der Waals surface area contributed by atoms with Crippen molar-refractivity contribution in [2.75, 3.05) is 0 Å². The van der Waals surface area contributed by atoms with E-state index in [0.29, 0.717) is 11.7 Å². The number of carbonyl (C=O) groups is 1. The van der Waals surface area contributed by atoms with Gasteiger partial charge in [-0.1, -0.05) is 30.3 Å². The molecule has 3 aromatic rings. The third-order valence-corrected chi connectivity index (χ3v) is 4.19. The largest absolute Gasteiger partial charge is 0.348 e. The second-order valence-corrected chi connectivity index (χ2v) is 5.85. The predicted molar refractivity (Wildman–Crippen MR) is 79.0 cm³/mol. The van der Waals surface area contributed by atoms with Crippen LogP contribution in [-0.2, 0) is 0 Å². The minimum atomic E-state index is -0.0674. The first-order valence-corrected chi connectivity index (χ1v) is 7.53. The quantitative estimate of drug-likeness (QED) is 0.803. The molecule has 100 valence electrons. The highest BCUT2D eigenvalue weighted by Crippen LogP contribution is 2.28. The Kier molecular flexibility index (Phi) is 2.60. The maximum atomic E-state index is 12.4. The average molecular weight is 283 g/mol. The highest BCUT2D eigenvalue weighted by atomic mass is 32.1. The van der Waals surface area contributed by atoms with Gasteiger partial charge in [-0.05, 0) is 12.8 Å². The molecule has 0 atom stereocenters. The van der Waals surface area contributed by atoms with E-state index >= 15 is 0 Å². The van der Waals surface area contributed by atoms with Gasteiger partial charge >= 0.3 is 0 Å². The lowest BCUT2D eigenvalue weighted by Crippen LogP contribution is -2.26. The molecule has 5 heteroatoms. The summed E-state index contributed by atoms with van der Waals surface area (Å²) in [5, 5.41) is 5.00. The number of benzene rings is 1. The molecule has 4 rings (SSSR count). The molecule has 1 aliphatic carbocycles. The van der Waals surface area contributed by atoms with Crippen LogP contribution in [0.25, 0.3) is 16.2 Å². The van der Waals surface area contributed by atoms with Gasteiger partial charge in [-0.2, -0.15) is 0 Å². The summed E-state index contributed by atoms with van der Waals surface area (Å²) in [6.45, 7) is 0. The topological polar surface area (TPSA) is 46.4 Å². The van der Waals surface area contributed by atoms with E-state index < -0.39 is 0 Å². The van der Waals surface area contributed by atoms with Crippen LogP contribution in [0.3, 0.4) is 0 Å². The fraction of sp³-hybridized carbons (Fsp3) is 0.200. The number of hydrogen-bond acceptors (Lipinski definition) is 3. The molecule has 2 aromatic heterocycles. The molecule has 1 amide bonds. The van der Waals surface area contributed by atoms with Crippen molar-refractivity contribution >= 4 is 22.2 Å². The number of nitrogens with one attached hydrogen (secondary N) is 1. The van der Waals surface area contributed by atoms with E-state index in [4.69, 9.17) is 0 Å². The number of nitrogens with zero attached hydrogens (tertiary/aromatic N) is 2. The third kappa shape index (κ3) is 1.91. The van der Waals surface area contributed by atoms with Crippen molar-refractivity contribution in [2.24, 2.45) is 0 Å². The first-order valence-electron chi connectivity index (χ1n) is 6.65. The zero-order chi connectivity index (χ0) is 13.5. The van der Waals surface area contributed by atoms with Crippen LogP contribution in [0.5, 0.6) is 0 Å². The van der Waals surface area contributed by atoms with Crippen LogP contribution in [0.4, 0.5) is 0 Å². The number of imidazole rings is 1. The molecule has 0 aliphatic heterocycles. The normalized spacial score (nSPS) is 14.6. The molecule has 0 radical (unpaired) electrons. The van der Waals surface area contributed by atoms with Crippen LogP contribution in [0.15, 0.2) is 41.9 Å². The fourth-order valence-corrected chi connectivity index (χ4v) is 3.01. The van der Waals surface area contributed by atoms with Crippen molar-refractivity contribution < 1.29 is 4.79 Å². The van der Waals surface area contributed by atoms with Crippen molar-refractivity contribution in [1.82, 2.24) is 14.7 Å². The van der Waals surface area contributed by atoms with Crippen LogP contribution in [0.2, 0.25) is 0 Å². The van der Waals surface area contributed by atoms with Crippen LogP contribution in [0, 0.1) is 0 Å². The lowest BCUT2D eigenvalue weighted by molar-refractivity contribution is 0.0947. The number of aromatic nitrogens is 2. The number of fused-ring (bicyclic) bond motifs is 1. The number of amides is 1. The molecule has 0 saturated heterocycles. The highest BCUT2D eigenvalue weighted by molar-refractivity contribution is 7.15. The van der Waals surface area contributed by atoms with Gasteiger partial charge in [0, 0.05) is 23.2 Å². The van der Waals surface area contributed by atoms with Gasteiger partial charge in [-0.25, -0.2) is 4.98 Å². The molecule has 0 unspecified atom stereocenters. The van der Waals surface area contributed by atoms with Crippen LogP contribution < -0.4 is 5.32 Å². The smallest absolute Gasteiger partial charge is 0.272 e. The van der Waals surface area contributed by atoms with E-state index in [2.05, 4.69) is 10.3 Å². The lowest BCUT2D eigenvalue weighted by Gasteiger charge is -2.05. The molecular weight excluding hydrogens is 270 g/mol. The van der Waals surface area contributed by atoms with E-state index in [-0.39, 0.29) is 5.91 Å². The zero-order valence-electron chi connectivity index (χ0n) is 10.7. The summed E-state index contributed by atoms with van der Waals surface area (Å²) in [7, 11) is 0. The summed E-state index contributed by atoms with van der Waals surface area (Å²) in [6.07, 6.45) is 4.12. The fourth-order valence-electron chi connectivity index (χ4n) is 2.30. The first kappa shape index (κ1) is 11.7. The van der Waals surface area contributed by atoms with Crippen LogP contribution in [-0.4, -0.2) is 21.3 Å². The summed E-state index contributed by atoms with van der Waals surface area (Å²) in [5.41, 5.74) is 2.41. The molecule has 2 heterocycles. The first-order chi connectivity index (χ1) is 9.83. The molecule has 1 saturated carbocycles. The van der Waals surface area contributed by atoms with Crippen molar-refractivity contribution in [3.8, 4) is 11.3 Å². The van der Waals surface area contributed by atoms with Crippen LogP contribution >= 0.6 is 11.3 Å². The Labute approximate surface area is 120 Å². The van der Waals surface area contributed by atoms with Gasteiger partial charge < -0.3 is 5.32 Å². The van der Waals surface area contributed by atoms with E-state index in [0.717, 1.165) is 29.1 Å². The van der Waals surface area contributed by atoms with E-state index in [1.165, 1.54) is 0 Å². The average Bonchev–Trinajstić information content (AvgIpc) is 3.03. The third-order valence-electron chi connectivity index (χ3n) is 3.44. The standard InChI is InChI=1S/C15H13N3OS/c19-14(16-11-6-7-11)12-13(10-4-2-1-3-5-10)18-8-9-20-15(18)17-12/h1-5,8-9,11H,6-7H2,(H,16,19). The second-order valence-electron chi connectivity index (χ2n) is 4.98. The minimum Gasteiger partial charge on any atom is -0.348 e. The number of rotatable bonds is 3. The van der Waals surface area contributed by atoms with Crippen molar-refractivity contribution in [2.45, 2.75) is 18.9 Å². The molecule has 1 N–H and O–H groups in total. The molecule has 0 spiro atoms. The predicted octanol–water partition coefficient (Wildman–Crippen LogP) is 2.96. The second kappa shape index (κ2) is 4.45. The Morgan fingerprint density at radius 2 is 2.10 bits per heavy atom. The minimum absolute atomic E-state index is 0.0674. The van der Waals surface area contributed by atoms with E-state index in [1.807, 2.05) is 46.3 Å². The summed E-state index contributed by atoms with van der Waals surface area (Å²) >= 11 is 1.54. The molecule has 20 heavy (non-hydrogen) atoms. The van der Waals surface area contributed by atoms with E-state index in [1.54, 1.807) is 11.3 Å². The Balaban J connectivity index is 1.87. The Morgan fingerprint density at radius 1 is 1.30 bits per heavy atom. The summed E-state index contributed by atoms with van der Waals surface area (Å²) in [5.74, 6) is -0.0674. The van der Waals surface area contributed by atoms with Gasteiger partial charge in [0.25, 0.3) is 5.91 Å². The van der Waals surface area contributed by atoms with Gasteiger partial charge in [-0.15, -0.1) is 11.3 Å². The Bertz CT molecular complexity index is 771. The molecular formula is C15H13N3OS. The summed E-state index contributed by atoms with van der Waals surface area (Å²) in [6, 6.07) is 10.3. The van der Waals surface area contributed by atoms with Crippen LogP contribution in [0.1, 0.15) is 23.3 Å². The number of thiazole rings is 1. The highest BCUT2D eigenvalue weighted by Gasteiger charge is 2.27. The maximum absolute atomic E-state index is 12.4. The van der Waals surface area contributed by atoms with Gasteiger partial charge in [0.15, 0.2) is 10.7 Å². The van der Waals surface area contributed by atoms with Crippen molar-refractivity contribution in [1.29, 1.82) is 0 Å².